The highest BCUT2D eigenvalue weighted by molar-refractivity contribution is 9.10. The van der Waals surface area contributed by atoms with E-state index in [0.717, 1.165) is 16.3 Å². The van der Waals surface area contributed by atoms with Gasteiger partial charge >= 0.3 is 0 Å². The molecule has 0 aliphatic rings. The normalized spacial score (nSPS) is 12.5. The molecule has 0 saturated heterocycles. The number of rotatable bonds is 4. The van der Waals surface area contributed by atoms with Crippen LogP contribution in [0.25, 0.3) is 11.3 Å². The van der Waals surface area contributed by atoms with E-state index in [-0.39, 0.29) is 0 Å². The molecule has 5 heteroatoms. The van der Waals surface area contributed by atoms with Crippen LogP contribution < -0.4 is 0 Å². The van der Waals surface area contributed by atoms with Gasteiger partial charge in [-0.3, -0.25) is 0 Å². The van der Waals surface area contributed by atoms with Crippen molar-refractivity contribution < 1.29 is 9.52 Å². The molecule has 3 aromatic rings. The summed E-state index contributed by atoms with van der Waals surface area (Å²) in [4.78, 5) is 4.56. The van der Waals surface area contributed by atoms with Crippen LogP contribution in [0.1, 0.15) is 16.9 Å². The molecule has 1 N–H and O–H groups in total. The molecule has 0 saturated carbocycles. The first kappa shape index (κ1) is 13.5. The summed E-state index contributed by atoms with van der Waals surface area (Å²) in [5.41, 5.74) is 2.03. The molecule has 102 valence electrons. The van der Waals surface area contributed by atoms with Crippen molar-refractivity contribution in [2.75, 3.05) is 0 Å². The van der Waals surface area contributed by atoms with Crippen LogP contribution in [-0.4, -0.2) is 10.1 Å². The topological polar surface area (TPSA) is 46.3 Å². The molecule has 1 unspecified atom stereocenters. The number of furan rings is 1. The number of aliphatic hydroxyl groups excluding tert-OH is 1. The molecule has 0 amide bonds. The number of benzene rings is 1. The van der Waals surface area contributed by atoms with Crippen molar-refractivity contribution in [3.8, 4) is 11.3 Å². The van der Waals surface area contributed by atoms with Gasteiger partial charge in [-0.2, -0.15) is 0 Å². The van der Waals surface area contributed by atoms with E-state index in [0.29, 0.717) is 16.9 Å². The molecule has 0 spiro atoms. The number of nitrogens with zero attached hydrogens (tertiary/aromatic N) is 1. The minimum absolute atomic E-state index is 0.456. The molecule has 1 aromatic carbocycles. The van der Waals surface area contributed by atoms with Crippen molar-refractivity contribution in [1.82, 2.24) is 4.98 Å². The lowest BCUT2D eigenvalue weighted by molar-refractivity contribution is 0.148. The molecule has 0 fully saturated rings. The van der Waals surface area contributed by atoms with Gasteiger partial charge in [-0.05, 0) is 28.1 Å². The Bertz CT molecular complexity index is 693. The van der Waals surface area contributed by atoms with E-state index in [1.54, 1.807) is 23.5 Å². The van der Waals surface area contributed by atoms with Crippen molar-refractivity contribution >= 4 is 27.3 Å². The van der Waals surface area contributed by atoms with Crippen molar-refractivity contribution in [3.05, 3.63) is 63.3 Å². The van der Waals surface area contributed by atoms with Crippen LogP contribution >= 0.6 is 27.3 Å². The zero-order valence-corrected chi connectivity index (χ0v) is 12.9. The third-order valence-corrected chi connectivity index (χ3v) is 4.21. The lowest BCUT2D eigenvalue weighted by Gasteiger charge is -2.04. The molecular weight excluding hydrogens is 338 g/mol. The number of hydrogen-bond acceptors (Lipinski definition) is 4. The van der Waals surface area contributed by atoms with Crippen molar-refractivity contribution in [3.63, 3.8) is 0 Å². The van der Waals surface area contributed by atoms with Crippen LogP contribution in [0.2, 0.25) is 0 Å². The zero-order chi connectivity index (χ0) is 13.9. The van der Waals surface area contributed by atoms with Gasteiger partial charge in [0.25, 0.3) is 0 Å². The average molecular weight is 350 g/mol. The Hall–Kier alpha value is -1.43. The first-order valence-corrected chi connectivity index (χ1v) is 7.83. The van der Waals surface area contributed by atoms with E-state index in [9.17, 15) is 5.11 Å². The summed E-state index contributed by atoms with van der Waals surface area (Å²) >= 11 is 4.78. The quantitative estimate of drug-likeness (QED) is 0.757. The smallest absolute Gasteiger partial charge is 0.169 e. The molecule has 0 aliphatic carbocycles. The Morgan fingerprint density at radius 1 is 1.20 bits per heavy atom. The third-order valence-electron chi connectivity index (χ3n) is 2.91. The summed E-state index contributed by atoms with van der Waals surface area (Å²) in [6, 6.07) is 13.6. The Balaban J connectivity index is 1.74. The standard InChI is InChI=1S/C15H12BrNO2S/c16-14-7-6-13(19-14)12(18)8-15-17-11(9-20-15)10-4-2-1-3-5-10/h1-7,9,12,18H,8H2. The summed E-state index contributed by atoms with van der Waals surface area (Å²) < 4.78 is 5.97. The molecule has 0 radical (unpaired) electrons. The third kappa shape index (κ3) is 3.00. The van der Waals surface area contributed by atoms with Gasteiger partial charge in [-0.25, -0.2) is 4.98 Å². The first-order valence-electron chi connectivity index (χ1n) is 6.15. The van der Waals surface area contributed by atoms with Crippen molar-refractivity contribution in [1.29, 1.82) is 0 Å². The zero-order valence-electron chi connectivity index (χ0n) is 10.5. The van der Waals surface area contributed by atoms with Crippen LogP contribution in [0.4, 0.5) is 0 Å². The second-order valence-corrected chi connectivity index (χ2v) is 6.08. The number of thiazole rings is 1. The second-order valence-electron chi connectivity index (χ2n) is 4.35. The van der Waals surface area contributed by atoms with Crippen LogP contribution in [0.3, 0.4) is 0 Å². The van der Waals surface area contributed by atoms with E-state index in [4.69, 9.17) is 4.42 Å². The Kier molecular flexibility index (Phi) is 4.00. The molecule has 3 rings (SSSR count). The molecule has 2 aromatic heterocycles. The maximum Gasteiger partial charge on any atom is 0.169 e. The summed E-state index contributed by atoms with van der Waals surface area (Å²) in [7, 11) is 0. The van der Waals surface area contributed by atoms with Gasteiger partial charge in [-0.1, -0.05) is 30.3 Å². The van der Waals surface area contributed by atoms with Crippen LogP contribution in [0.15, 0.2) is 56.9 Å². The fraction of sp³-hybridized carbons (Fsp3) is 0.133. The maximum atomic E-state index is 10.1. The lowest BCUT2D eigenvalue weighted by atomic mass is 10.2. The van der Waals surface area contributed by atoms with E-state index in [2.05, 4.69) is 20.9 Å². The Morgan fingerprint density at radius 3 is 2.70 bits per heavy atom. The van der Waals surface area contributed by atoms with E-state index >= 15 is 0 Å². The highest BCUT2D eigenvalue weighted by Gasteiger charge is 2.15. The van der Waals surface area contributed by atoms with Crippen LogP contribution in [-0.2, 0) is 6.42 Å². The van der Waals surface area contributed by atoms with Gasteiger partial charge in [0.2, 0.25) is 0 Å². The monoisotopic (exact) mass is 349 g/mol. The highest BCUT2D eigenvalue weighted by Crippen LogP contribution is 2.27. The fourth-order valence-electron chi connectivity index (χ4n) is 1.92. The first-order chi connectivity index (χ1) is 9.72. The van der Waals surface area contributed by atoms with Gasteiger partial charge in [-0.15, -0.1) is 11.3 Å². The van der Waals surface area contributed by atoms with Crippen LogP contribution in [0.5, 0.6) is 0 Å². The second kappa shape index (κ2) is 5.91. The summed E-state index contributed by atoms with van der Waals surface area (Å²) in [5.74, 6) is 0.549. The number of hydrogen-bond donors (Lipinski definition) is 1. The summed E-state index contributed by atoms with van der Waals surface area (Å²) in [5, 5.41) is 13.0. The molecule has 2 heterocycles. The van der Waals surface area contributed by atoms with Gasteiger partial charge in [0.15, 0.2) is 4.67 Å². The Labute approximate surface area is 129 Å². The van der Waals surface area contributed by atoms with Gasteiger partial charge in [0.05, 0.1) is 10.7 Å². The maximum absolute atomic E-state index is 10.1. The number of halogens is 1. The molecule has 0 aliphatic heterocycles. The van der Waals surface area contributed by atoms with Gasteiger partial charge in [0.1, 0.15) is 11.9 Å². The molecule has 1 atom stereocenters. The SMILES string of the molecule is OC(Cc1nc(-c2ccccc2)cs1)c1ccc(Br)o1. The van der Waals surface area contributed by atoms with Crippen molar-refractivity contribution in [2.45, 2.75) is 12.5 Å². The molecular formula is C15H12BrNO2S. The van der Waals surface area contributed by atoms with Gasteiger partial charge in [0, 0.05) is 17.4 Å². The highest BCUT2D eigenvalue weighted by atomic mass is 79.9. The minimum atomic E-state index is -0.670. The largest absolute Gasteiger partial charge is 0.452 e. The number of aliphatic hydroxyl groups is 1. The minimum Gasteiger partial charge on any atom is -0.452 e. The molecule has 20 heavy (non-hydrogen) atoms. The fourth-order valence-corrected chi connectivity index (χ4v) is 3.08. The van der Waals surface area contributed by atoms with E-state index in [1.807, 2.05) is 35.7 Å². The van der Waals surface area contributed by atoms with E-state index < -0.39 is 6.10 Å². The summed E-state index contributed by atoms with van der Waals surface area (Å²) in [6.07, 6.45) is -0.214. The lowest BCUT2D eigenvalue weighted by Crippen LogP contribution is -1.99. The predicted octanol–water partition coefficient (Wildman–Crippen LogP) is 4.44. The molecule has 3 nitrogen and oxygen atoms in total. The van der Waals surface area contributed by atoms with Crippen molar-refractivity contribution in [2.24, 2.45) is 0 Å². The Morgan fingerprint density at radius 2 is 2.00 bits per heavy atom. The van der Waals surface area contributed by atoms with Gasteiger partial charge < -0.3 is 9.52 Å². The number of aromatic nitrogens is 1. The predicted molar refractivity (Wildman–Crippen MR) is 82.6 cm³/mol. The van der Waals surface area contributed by atoms with Crippen LogP contribution in [0, 0.1) is 0 Å². The average Bonchev–Trinajstić information content (AvgIpc) is 3.09. The summed E-state index contributed by atoms with van der Waals surface area (Å²) in [6.45, 7) is 0. The van der Waals surface area contributed by atoms with E-state index in [1.165, 1.54) is 0 Å². The molecule has 0 bridgehead atoms.